The summed E-state index contributed by atoms with van der Waals surface area (Å²) in [6, 6.07) is 10.3. The molecular weight excluding hydrogens is 276 g/mol. The van der Waals surface area contributed by atoms with Gasteiger partial charge in [-0.15, -0.1) is 0 Å². The molecule has 0 N–H and O–H groups in total. The predicted molar refractivity (Wildman–Crippen MR) is 76.3 cm³/mol. The topological polar surface area (TPSA) is 17.3 Å². The van der Waals surface area contributed by atoms with E-state index < -0.39 is 0 Å². The van der Waals surface area contributed by atoms with Gasteiger partial charge in [0, 0.05) is 17.2 Å². The SMILES string of the molecule is Cc1cc(N=Cc2ccc(C)n2C)ccc1Br. The predicted octanol–water partition coefficient (Wildman–Crippen LogP) is 4.16. The van der Waals surface area contributed by atoms with Crippen molar-refractivity contribution in [2.45, 2.75) is 13.8 Å². The molecule has 0 aliphatic carbocycles. The molecule has 3 heteroatoms. The average molecular weight is 291 g/mol. The maximum Gasteiger partial charge on any atom is 0.0633 e. The van der Waals surface area contributed by atoms with Crippen molar-refractivity contribution < 1.29 is 0 Å². The van der Waals surface area contributed by atoms with Crippen molar-refractivity contribution in [1.29, 1.82) is 0 Å². The molecule has 17 heavy (non-hydrogen) atoms. The van der Waals surface area contributed by atoms with Gasteiger partial charge in [-0.3, -0.25) is 4.99 Å². The van der Waals surface area contributed by atoms with Gasteiger partial charge in [0.15, 0.2) is 0 Å². The molecule has 0 spiro atoms. The standard InChI is InChI=1S/C14H15BrN2/c1-10-8-12(5-7-14(10)15)16-9-13-6-4-11(2)17(13)3/h4-9H,1-3H3. The second kappa shape index (κ2) is 4.88. The highest BCUT2D eigenvalue weighted by atomic mass is 79.9. The number of aryl methyl sites for hydroxylation is 2. The summed E-state index contributed by atoms with van der Waals surface area (Å²) in [4.78, 5) is 4.49. The molecule has 0 saturated carbocycles. The molecule has 0 amide bonds. The Morgan fingerprint density at radius 2 is 1.94 bits per heavy atom. The fraction of sp³-hybridized carbons (Fsp3) is 0.214. The highest BCUT2D eigenvalue weighted by Crippen LogP contribution is 2.21. The van der Waals surface area contributed by atoms with Crippen LogP contribution in [0.4, 0.5) is 5.69 Å². The Labute approximate surface area is 110 Å². The van der Waals surface area contributed by atoms with Crippen LogP contribution in [-0.4, -0.2) is 10.8 Å². The van der Waals surface area contributed by atoms with E-state index in [0.717, 1.165) is 15.9 Å². The number of aliphatic imine (C=N–C) groups is 1. The minimum absolute atomic E-state index is 0.976. The summed E-state index contributed by atoms with van der Waals surface area (Å²) >= 11 is 3.48. The minimum atomic E-state index is 0.976. The third kappa shape index (κ3) is 2.67. The van der Waals surface area contributed by atoms with E-state index in [0.29, 0.717) is 0 Å². The van der Waals surface area contributed by atoms with Crippen LogP contribution < -0.4 is 0 Å². The Morgan fingerprint density at radius 3 is 2.53 bits per heavy atom. The monoisotopic (exact) mass is 290 g/mol. The highest BCUT2D eigenvalue weighted by molar-refractivity contribution is 9.10. The number of hydrogen-bond donors (Lipinski definition) is 0. The second-order valence-corrected chi connectivity index (χ2v) is 5.00. The Hall–Kier alpha value is -1.35. The largest absolute Gasteiger partial charge is 0.347 e. The van der Waals surface area contributed by atoms with Gasteiger partial charge in [0.05, 0.1) is 17.6 Å². The number of aromatic nitrogens is 1. The van der Waals surface area contributed by atoms with Crippen molar-refractivity contribution in [1.82, 2.24) is 4.57 Å². The van der Waals surface area contributed by atoms with Gasteiger partial charge in [0.25, 0.3) is 0 Å². The highest BCUT2D eigenvalue weighted by Gasteiger charge is 1.98. The molecule has 1 aromatic heterocycles. The third-order valence-electron chi connectivity index (χ3n) is 2.90. The third-order valence-corrected chi connectivity index (χ3v) is 3.79. The maximum atomic E-state index is 4.49. The van der Waals surface area contributed by atoms with Gasteiger partial charge in [-0.2, -0.15) is 0 Å². The first-order valence-corrected chi connectivity index (χ1v) is 6.30. The molecule has 2 aromatic rings. The lowest BCUT2D eigenvalue weighted by Gasteiger charge is -2.01. The van der Waals surface area contributed by atoms with E-state index in [-0.39, 0.29) is 0 Å². The lowest BCUT2D eigenvalue weighted by atomic mass is 10.2. The zero-order valence-corrected chi connectivity index (χ0v) is 11.8. The number of rotatable bonds is 2. The van der Waals surface area contributed by atoms with E-state index in [4.69, 9.17) is 0 Å². The average Bonchev–Trinajstić information content (AvgIpc) is 2.62. The summed E-state index contributed by atoms with van der Waals surface area (Å²) < 4.78 is 3.24. The molecule has 0 radical (unpaired) electrons. The van der Waals surface area contributed by atoms with Crippen molar-refractivity contribution in [2.75, 3.05) is 0 Å². The normalized spacial score (nSPS) is 11.3. The molecule has 1 heterocycles. The lowest BCUT2D eigenvalue weighted by Crippen LogP contribution is -1.96. The lowest BCUT2D eigenvalue weighted by molar-refractivity contribution is 0.874. The van der Waals surface area contributed by atoms with Gasteiger partial charge in [-0.1, -0.05) is 15.9 Å². The first kappa shape index (κ1) is 12.1. The summed E-state index contributed by atoms with van der Waals surface area (Å²) in [5, 5.41) is 0. The van der Waals surface area contributed by atoms with Gasteiger partial charge in [-0.25, -0.2) is 0 Å². The molecule has 0 saturated heterocycles. The molecule has 88 valence electrons. The second-order valence-electron chi connectivity index (χ2n) is 4.15. The zero-order chi connectivity index (χ0) is 12.4. The van der Waals surface area contributed by atoms with Crippen molar-refractivity contribution in [3.63, 3.8) is 0 Å². The van der Waals surface area contributed by atoms with Crippen LogP contribution in [0.5, 0.6) is 0 Å². The Balaban J connectivity index is 2.26. The van der Waals surface area contributed by atoms with Crippen LogP contribution in [0.15, 0.2) is 39.8 Å². The molecule has 2 nitrogen and oxygen atoms in total. The first-order valence-electron chi connectivity index (χ1n) is 5.50. The Bertz CT molecular complexity index is 568. The molecule has 0 aliphatic rings. The summed E-state index contributed by atoms with van der Waals surface area (Å²) in [5.74, 6) is 0. The van der Waals surface area contributed by atoms with Crippen LogP contribution in [0, 0.1) is 13.8 Å². The van der Waals surface area contributed by atoms with E-state index >= 15 is 0 Å². The van der Waals surface area contributed by atoms with E-state index in [1.54, 1.807) is 0 Å². The fourth-order valence-electron chi connectivity index (χ4n) is 1.61. The Morgan fingerprint density at radius 1 is 1.18 bits per heavy atom. The number of nitrogens with zero attached hydrogens (tertiary/aromatic N) is 2. The quantitative estimate of drug-likeness (QED) is 0.739. The van der Waals surface area contributed by atoms with E-state index in [1.165, 1.54) is 11.3 Å². The van der Waals surface area contributed by atoms with Crippen LogP contribution in [0.3, 0.4) is 0 Å². The van der Waals surface area contributed by atoms with Crippen LogP contribution in [0.2, 0.25) is 0 Å². The Kier molecular flexibility index (Phi) is 3.48. The van der Waals surface area contributed by atoms with Crippen molar-refractivity contribution in [2.24, 2.45) is 12.0 Å². The molecule has 0 fully saturated rings. The number of hydrogen-bond acceptors (Lipinski definition) is 1. The van der Waals surface area contributed by atoms with Gasteiger partial charge in [0.1, 0.15) is 0 Å². The summed E-state index contributed by atoms with van der Waals surface area (Å²) in [6.07, 6.45) is 1.90. The van der Waals surface area contributed by atoms with Crippen molar-refractivity contribution in [3.05, 3.63) is 51.8 Å². The van der Waals surface area contributed by atoms with Crippen LogP contribution >= 0.6 is 15.9 Å². The van der Waals surface area contributed by atoms with Crippen LogP contribution in [0.25, 0.3) is 0 Å². The number of benzene rings is 1. The fourth-order valence-corrected chi connectivity index (χ4v) is 1.86. The molecular formula is C14H15BrN2. The summed E-state index contributed by atoms with van der Waals surface area (Å²) in [5.41, 5.74) is 4.52. The molecule has 0 unspecified atom stereocenters. The molecule has 1 aromatic carbocycles. The van der Waals surface area contributed by atoms with E-state index in [1.807, 2.05) is 25.4 Å². The number of halogens is 1. The van der Waals surface area contributed by atoms with Crippen LogP contribution in [-0.2, 0) is 7.05 Å². The molecule has 0 bridgehead atoms. The van der Waals surface area contributed by atoms with Gasteiger partial charge >= 0.3 is 0 Å². The van der Waals surface area contributed by atoms with E-state index in [2.05, 4.69) is 57.5 Å². The summed E-state index contributed by atoms with van der Waals surface area (Å²) in [7, 11) is 2.05. The molecule has 0 aliphatic heterocycles. The molecule has 2 rings (SSSR count). The maximum absolute atomic E-state index is 4.49. The summed E-state index contributed by atoms with van der Waals surface area (Å²) in [6.45, 7) is 4.15. The van der Waals surface area contributed by atoms with Crippen molar-refractivity contribution >= 4 is 27.8 Å². The van der Waals surface area contributed by atoms with Crippen molar-refractivity contribution in [3.8, 4) is 0 Å². The van der Waals surface area contributed by atoms with Gasteiger partial charge in [-0.05, 0) is 49.7 Å². The minimum Gasteiger partial charge on any atom is -0.347 e. The zero-order valence-electron chi connectivity index (χ0n) is 10.2. The smallest absolute Gasteiger partial charge is 0.0633 e. The first-order chi connectivity index (χ1) is 8.08. The van der Waals surface area contributed by atoms with Gasteiger partial charge < -0.3 is 4.57 Å². The molecule has 0 atom stereocenters. The van der Waals surface area contributed by atoms with Gasteiger partial charge in [0.2, 0.25) is 0 Å². The van der Waals surface area contributed by atoms with Crippen LogP contribution in [0.1, 0.15) is 17.0 Å². The van der Waals surface area contributed by atoms with E-state index in [9.17, 15) is 0 Å².